The third kappa shape index (κ3) is 3.09. The molecule has 0 radical (unpaired) electrons. The van der Waals surface area contributed by atoms with Gasteiger partial charge >= 0.3 is 211 Å². The number of nitrogens with zero attached hydrogens (tertiary/aromatic N) is 1. The summed E-state index contributed by atoms with van der Waals surface area (Å²) < 4.78 is 67.5. The Bertz CT molecular complexity index is 1470. The average molecular weight is 526 g/mol. The van der Waals surface area contributed by atoms with Crippen molar-refractivity contribution in [2.75, 3.05) is 0 Å². The first-order valence-corrected chi connectivity index (χ1v) is 14.4. The molecule has 1 atom stereocenters. The average Bonchev–Trinajstić information content (AvgIpc) is 2.93. The van der Waals surface area contributed by atoms with Crippen LogP contribution < -0.4 is 5.19 Å². The van der Waals surface area contributed by atoms with Gasteiger partial charge in [0.25, 0.3) is 0 Å². The molecular formula is C27H22F3NO3SSi. The van der Waals surface area contributed by atoms with Crippen molar-refractivity contribution in [1.29, 1.82) is 0 Å². The summed E-state index contributed by atoms with van der Waals surface area (Å²) in [7, 11) is -5.41. The molecule has 3 aliphatic heterocycles. The number of allylic oxidation sites excluding steroid dienone is 2. The zero-order valence-corrected chi connectivity index (χ0v) is 21.3. The number of rotatable bonds is 2. The number of hydrogen-bond donors (Lipinski definition) is 0. The Labute approximate surface area is 211 Å². The van der Waals surface area contributed by atoms with E-state index in [0.717, 1.165) is 6.08 Å². The maximum absolute atomic E-state index is 15.3. The van der Waals surface area contributed by atoms with E-state index in [0.29, 0.717) is 44.6 Å². The molecule has 1 spiro atoms. The molecule has 2 bridgehead atoms. The van der Waals surface area contributed by atoms with Crippen molar-refractivity contribution in [3.05, 3.63) is 108 Å². The number of fused-ring (bicyclic) bond motifs is 3. The second kappa shape index (κ2) is 7.61. The number of hydrogen-bond acceptors (Lipinski definition) is 4. The van der Waals surface area contributed by atoms with E-state index in [1.807, 2.05) is 6.92 Å². The maximum atomic E-state index is 15.3. The normalized spacial score (nSPS) is 24.9. The molecule has 0 saturated carbocycles. The van der Waals surface area contributed by atoms with Gasteiger partial charge in [-0.2, -0.15) is 0 Å². The Morgan fingerprint density at radius 2 is 1.47 bits per heavy atom. The summed E-state index contributed by atoms with van der Waals surface area (Å²) >= 11 is 0.619. The Balaban J connectivity index is 1.82. The molecule has 3 heterocycles. The van der Waals surface area contributed by atoms with Crippen LogP contribution in [0.2, 0.25) is 0 Å². The second-order valence-corrected chi connectivity index (χ2v) is 13.7. The number of alkyl halides is 3. The first-order valence-electron chi connectivity index (χ1n) is 11.4. The van der Waals surface area contributed by atoms with Gasteiger partial charge in [0.15, 0.2) is 0 Å². The van der Waals surface area contributed by atoms with E-state index in [2.05, 4.69) is 0 Å². The molecule has 0 amide bonds. The summed E-state index contributed by atoms with van der Waals surface area (Å²) in [6, 6.07) is 24.5. The van der Waals surface area contributed by atoms with Crippen molar-refractivity contribution in [3.63, 3.8) is 0 Å². The van der Waals surface area contributed by atoms with Gasteiger partial charge in [-0.05, 0) is 0 Å². The van der Waals surface area contributed by atoms with Gasteiger partial charge in [-0.15, -0.1) is 0 Å². The van der Waals surface area contributed by atoms with Gasteiger partial charge in [0.2, 0.25) is 0 Å². The summed E-state index contributed by atoms with van der Waals surface area (Å²) in [6.07, 6.45) is -1.96. The van der Waals surface area contributed by atoms with Gasteiger partial charge < -0.3 is 0 Å². The number of halogens is 3. The number of thioether (sulfide) groups is 1. The third-order valence-corrected chi connectivity index (χ3v) is 12.6. The van der Waals surface area contributed by atoms with Gasteiger partial charge in [-0.1, -0.05) is 0 Å². The second-order valence-electron chi connectivity index (χ2n) is 8.96. The molecule has 3 aliphatic rings. The molecule has 0 fully saturated rings. The standard InChI is InChI=1S/C27H22F3NO3SSi/c1-19-17-20(2)32-36(22-13-7-4-8-14-22)31(19)23-15-9-10-16-25(23)35-26(34-36,27(28,29)30)18-24(33-36)21-11-5-3-6-12-21/h3-18H,1-2H3/t26-/m0/s1. The summed E-state index contributed by atoms with van der Waals surface area (Å²) in [6.45, 7) is 3.55. The Morgan fingerprint density at radius 3 is 2.17 bits per heavy atom. The molecule has 6 rings (SSSR count). The first kappa shape index (κ1) is 23.1. The van der Waals surface area contributed by atoms with Crippen LogP contribution in [-0.4, -0.2) is 29.3 Å². The molecule has 0 aromatic heterocycles. The van der Waals surface area contributed by atoms with Crippen LogP contribution in [0.15, 0.2) is 108 Å². The first-order chi connectivity index (χ1) is 17.2. The monoisotopic (exact) mass is 525 g/mol. The number of benzene rings is 3. The summed E-state index contributed by atoms with van der Waals surface area (Å²) in [5, 5.41) is 0.414. The van der Waals surface area contributed by atoms with Gasteiger partial charge in [0.05, 0.1) is 0 Å². The van der Waals surface area contributed by atoms with E-state index in [-0.39, 0.29) is 5.76 Å². The molecule has 0 unspecified atom stereocenters. The van der Waals surface area contributed by atoms with Crippen molar-refractivity contribution in [3.8, 4) is 0 Å². The van der Waals surface area contributed by atoms with Gasteiger partial charge in [-0.3, -0.25) is 0 Å². The van der Waals surface area contributed by atoms with Crippen molar-refractivity contribution >= 4 is 42.4 Å². The van der Waals surface area contributed by atoms with Crippen LogP contribution in [0, 0.1) is 0 Å². The zero-order valence-electron chi connectivity index (χ0n) is 19.5. The molecule has 0 aliphatic carbocycles. The van der Waals surface area contributed by atoms with Crippen molar-refractivity contribution in [2.24, 2.45) is 0 Å². The predicted octanol–water partition coefficient (Wildman–Crippen LogP) is 6.47. The predicted molar refractivity (Wildman–Crippen MR) is 135 cm³/mol. The van der Waals surface area contributed by atoms with Gasteiger partial charge in [0, 0.05) is 0 Å². The molecule has 4 nitrogen and oxygen atoms in total. The molecule has 36 heavy (non-hydrogen) atoms. The van der Waals surface area contributed by atoms with Crippen LogP contribution in [0.25, 0.3) is 5.76 Å². The Kier molecular flexibility index (Phi) is 4.89. The Morgan fingerprint density at radius 1 is 0.833 bits per heavy atom. The van der Waals surface area contributed by atoms with E-state index in [9.17, 15) is 0 Å². The topological polar surface area (TPSA) is 30.7 Å². The van der Waals surface area contributed by atoms with Crippen LogP contribution in [0.4, 0.5) is 18.9 Å². The SMILES string of the molecule is CC1=CC(C)=[N+]2c3ccccc3S[C@]3(C(F)(F)F)C=C(c4ccccc4)O[Si-]2(c2ccccc2)(O1)O3. The molecule has 184 valence electrons. The van der Waals surface area contributed by atoms with Crippen LogP contribution in [0.3, 0.4) is 0 Å². The summed E-state index contributed by atoms with van der Waals surface area (Å²) in [5.74, 6) is 0.472. The van der Waals surface area contributed by atoms with Crippen LogP contribution in [0.5, 0.6) is 0 Å². The van der Waals surface area contributed by atoms with Crippen LogP contribution in [0.1, 0.15) is 19.4 Å². The van der Waals surface area contributed by atoms with Crippen LogP contribution in [-0.2, 0) is 13.3 Å². The molecule has 0 saturated heterocycles. The summed E-state index contributed by atoms with van der Waals surface area (Å²) in [5.41, 5.74) is 1.70. The van der Waals surface area contributed by atoms with Crippen molar-refractivity contribution in [2.45, 2.75) is 29.9 Å². The molecule has 3 aromatic rings. The van der Waals surface area contributed by atoms with Crippen molar-refractivity contribution < 1.29 is 30.7 Å². The zero-order chi connectivity index (χ0) is 25.2. The number of para-hydroxylation sites is 1. The van der Waals surface area contributed by atoms with Gasteiger partial charge in [0.1, 0.15) is 0 Å². The van der Waals surface area contributed by atoms with Crippen LogP contribution >= 0.6 is 11.8 Å². The van der Waals surface area contributed by atoms with E-state index >= 15 is 13.2 Å². The van der Waals surface area contributed by atoms with Crippen molar-refractivity contribution in [1.82, 2.24) is 0 Å². The van der Waals surface area contributed by atoms with E-state index in [1.54, 1.807) is 102 Å². The fraction of sp³-hybridized carbons (Fsp3) is 0.148. The Hall–Kier alpha value is -3.27. The quantitative estimate of drug-likeness (QED) is 0.359. The molecule has 0 N–H and O–H groups in total. The fourth-order valence-electron chi connectivity index (χ4n) is 5.17. The summed E-state index contributed by atoms with van der Waals surface area (Å²) in [4.78, 5) is -2.36. The minimum atomic E-state index is -5.41. The third-order valence-electron chi connectivity index (χ3n) is 6.51. The van der Waals surface area contributed by atoms with E-state index in [1.165, 1.54) is 0 Å². The fourth-order valence-corrected chi connectivity index (χ4v) is 11.8. The minimum absolute atomic E-state index is 0.0594. The molecule has 3 aromatic carbocycles. The molecular weight excluding hydrogens is 503 g/mol. The van der Waals surface area contributed by atoms with Gasteiger partial charge in [-0.25, -0.2) is 0 Å². The van der Waals surface area contributed by atoms with E-state index in [4.69, 9.17) is 13.3 Å². The molecule has 9 heteroatoms. The van der Waals surface area contributed by atoms with E-state index < -0.39 is 19.4 Å².